The fourth-order valence-corrected chi connectivity index (χ4v) is 4.00. The fourth-order valence-electron chi connectivity index (χ4n) is 4.00. The third kappa shape index (κ3) is 4.35. The molecule has 0 aliphatic carbocycles. The molecule has 0 aromatic heterocycles. The van der Waals surface area contributed by atoms with Crippen LogP contribution in [0.25, 0.3) is 0 Å². The van der Waals surface area contributed by atoms with Crippen molar-refractivity contribution in [1.82, 2.24) is 5.32 Å². The first-order valence-corrected chi connectivity index (χ1v) is 10.5. The van der Waals surface area contributed by atoms with Crippen molar-refractivity contribution in [3.8, 4) is 5.75 Å². The molecule has 1 unspecified atom stereocenters. The second-order valence-electron chi connectivity index (χ2n) is 8.13. The van der Waals surface area contributed by atoms with Gasteiger partial charge in [0.25, 0.3) is 11.8 Å². The van der Waals surface area contributed by atoms with Crippen molar-refractivity contribution in [1.29, 1.82) is 0 Å². The zero-order chi connectivity index (χ0) is 22.8. The van der Waals surface area contributed by atoms with E-state index in [2.05, 4.69) is 16.7 Å². The molecule has 0 radical (unpaired) electrons. The van der Waals surface area contributed by atoms with Gasteiger partial charge in [-0.2, -0.15) is 0 Å². The molecular weight excluding hydrogens is 407 g/mol. The molecule has 0 saturated carbocycles. The summed E-state index contributed by atoms with van der Waals surface area (Å²) in [5.74, 6) is -0.578. The van der Waals surface area contributed by atoms with Crippen LogP contribution in [-0.2, 0) is 0 Å². The van der Waals surface area contributed by atoms with Gasteiger partial charge in [-0.15, -0.1) is 0 Å². The molecule has 6 heteroatoms. The van der Waals surface area contributed by atoms with Gasteiger partial charge in [-0.25, -0.2) is 4.39 Å². The van der Waals surface area contributed by atoms with Crippen LogP contribution in [-0.4, -0.2) is 18.4 Å². The van der Waals surface area contributed by atoms with E-state index in [-0.39, 0.29) is 17.5 Å². The first kappa shape index (κ1) is 21.6. The summed E-state index contributed by atoms with van der Waals surface area (Å²) in [5.41, 5.74) is 4.73. The highest BCUT2D eigenvalue weighted by Gasteiger charge is 2.25. The summed E-state index contributed by atoms with van der Waals surface area (Å²) in [7, 11) is 0. The van der Waals surface area contributed by atoms with Gasteiger partial charge in [0.1, 0.15) is 11.6 Å². The molecule has 0 bridgehead atoms. The van der Waals surface area contributed by atoms with Gasteiger partial charge in [-0.3, -0.25) is 9.59 Å². The number of rotatable bonds is 4. The molecule has 3 aromatic rings. The highest BCUT2D eigenvalue weighted by atomic mass is 19.1. The molecule has 1 aliphatic heterocycles. The van der Waals surface area contributed by atoms with Crippen LogP contribution in [0.3, 0.4) is 0 Å². The van der Waals surface area contributed by atoms with Gasteiger partial charge in [-0.1, -0.05) is 35.9 Å². The van der Waals surface area contributed by atoms with E-state index in [1.807, 2.05) is 26.8 Å². The summed E-state index contributed by atoms with van der Waals surface area (Å²) in [4.78, 5) is 25.6. The SMILES string of the molecule is Cc1cc(C)c2c(c1)C(NC(=O)c1ccc(C)c(NC(=O)c3ccccc3F)c1)CCO2. The van der Waals surface area contributed by atoms with Gasteiger partial charge in [0.2, 0.25) is 0 Å². The smallest absolute Gasteiger partial charge is 0.258 e. The van der Waals surface area contributed by atoms with Crippen LogP contribution in [0.5, 0.6) is 5.75 Å². The Labute approximate surface area is 186 Å². The maximum Gasteiger partial charge on any atom is 0.258 e. The maximum absolute atomic E-state index is 14.0. The number of nitrogens with one attached hydrogen (secondary N) is 2. The summed E-state index contributed by atoms with van der Waals surface area (Å²) in [5, 5.41) is 5.81. The van der Waals surface area contributed by atoms with E-state index in [9.17, 15) is 14.0 Å². The van der Waals surface area contributed by atoms with E-state index in [0.29, 0.717) is 24.3 Å². The minimum Gasteiger partial charge on any atom is -0.493 e. The van der Waals surface area contributed by atoms with Crippen molar-refractivity contribution in [2.24, 2.45) is 0 Å². The number of amides is 2. The standard InChI is InChI=1S/C26H25FN2O3/c1-15-12-17(3)24-20(13-15)22(10-11-32-24)28-25(30)18-9-8-16(2)23(14-18)29-26(31)19-6-4-5-7-21(19)27/h4-9,12-14,22H,10-11H2,1-3H3,(H,28,30)(H,29,31). The average molecular weight is 432 g/mol. The summed E-state index contributed by atoms with van der Waals surface area (Å²) >= 11 is 0. The number of fused-ring (bicyclic) bond motifs is 1. The molecule has 1 aliphatic rings. The lowest BCUT2D eigenvalue weighted by Crippen LogP contribution is -2.32. The first-order chi connectivity index (χ1) is 15.3. The van der Waals surface area contributed by atoms with Gasteiger partial charge in [0.15, 0.2) is 0 Å². The monoisotopic (exact) mass is 432 g/mol. The molecule has 5 nitrogen and oxygen atoms in total. The fraction of sp³-hybridized carbons (Fsp3) is 0.231. The lowest BCUT2D eigenvalue weighted by molar-refractivity contribution is 0.0923. The molecule has 32 heavy (non-hydrogen) atoms. The summed E-state index contributed by atoms with van der Waals surface area (Å²) in [6.07, 6.45) is 0.671. The minimum atomic E-state index is -0.597. The van der Waals surface area contributed by atoms with Crippen LogP contribution in [0, 0.1) is 26.6 Å². The average Bonchev–Trinajstić information content (AvgIpc) is 2.76. The number of halogens is 1. The lowest BCUT2D eigenvalue weighted by atomic mass is 9.95. The van der Waals surface area contributed by atoms with Crippen molar-refractivity contribution in [3.63, 3.8) is 0 Å². The van der Waals surface area contributed by atoms with Crippen molar-refractivity contribution < 1.29 is 18.7 Å². The molecule has 0 fully saturated rings. The maximum atomic E-state index is 14.0. The van der Waals surface area contributed by atoms with Crippen molar-refractivity contribution in [3.05, 3.63) is 93.8 Å². The summed E-state index contributed by atoms with van der Waals surface area (Å²) in [6, 6.07) is 14.8. The third-order valence-corrected chi connectivity index (χ3v) is 5.65. The number of hydrogen-bond acceptors (Lipinski definition) is 3. The van der Waals surface area contributed by atoms with E-state index in [0.717, 1.165) is 28.0 Å². The van der Waals surface area contributed by atoms with Crippen LogP contribution in [0.1, 0.15) is 55.4 Å². The largest absolute Gasteiger partial charge is 0.493 e. The molecule has 3 aromatic carbocycles. The summed E-state index contributed by atoms with van der Waals surface area (Å²) < 4.78 is 19.8. The third-order valence-electron chi connectivity index (χ3n) is 5.65. The Hall–Kier alpha value is -3.67. The van der Waals surface area contributed by atoms with E-state index in [1.165, 1.54) is 18.2 Å². The topological polar surface area (TPSA) is 67.4 Å². The molecule has 2 N–H and O–H groups in total. The Bertz CT molecular complexity index is 1210. The van der Waals surface area contributed by atoms with Crippen molar-refractivity contribution in [2.75, 3.05) is 11.9 Å². The first-order valence-electron chi connectivity index (χ1n) is 10.5. The molecule has 164 valence electrons. The Morgan fingerprint density at radius 2 is 1.75 bits per heavy atom. The Balaban J connectivity index is 1.55. The van der Waals surface area contributed by atoms with Crippen LogP contribution < -0.4 is 15.4 Å². The molecule has 0 spiro atoms. The van der Waals surface area contributed by atoms with Crippen molar-refractivity contribution >= 4 is 17.5 Å². The Morgan fingerprint density at radius 3 is 2.53 bits per heavy atom. The van der Waals surface area contributed by atoms with E-state index in [1.54, 1.807) is 24.3 Å². The van der Waals surface area contributed by atoms with Crippen LogP contribution in [0.15, 0.2) is 54.6 Å². The predicted molar refractivity (Wildman–Crippen MR) is 122 cm³/mol. The predicted octanol–water partition coefficient (Wildman–Crippen LogP) is 5.26. The second-order valence-corrected chi connectivity index (χ2v) is 8.13. The number of hydrogen-bond donors (Lipinski definition) is 2. The second kappa shape index (κ2) is 8.83. The number of carbonyl (C=O) groups excluding carboxylic acids is 2. The van der Waals surface area contributed by atoms with E-state index >= 15 is 0 Å². The van der Waals surface area contributed by atoms with Crippen LogP contribution >= 0.6 is 0 Å². The van der Waals surface area contributed by atoms with Gasteiger partial charge in [0, 0.05) is 23.2 Å². The molecule has 0 saturated heterocycles. The van der Waals surface area contributed by atoms with Crippen LogP contribution in [0.4, 0.5) is 10.1 Å². The quantitative estimate of drug-likeness (QED) is 0.591. The van der Waals surface area contributed by atoms with E-state index < -0.39 is 11.7 Å². The Kier molecular flexibility index (Phi) is 5.95. The molecular formula is C26H25FN2O3. The number of aryl methyl sites for hydroxylation is 3. The number of benzene rings is 3. The van der Waals surface area contributed by atoms with Gasteiger partial charge >= 0.3 is 0 Å². The number of ether oxygens (including phenoxy) is 1. The van der Waals surface area contributed by atoms with Crippen LogP contribution in [0.2, 0.25) is 0 Å². The molecule has 1 heterocycles. The highest BCUT2D eigenvalue weighted by molar-refractivity contribution is 6.05. The summed E-state index contributed by atoms with van der Waals surface area (Å²) in [6.45, 7) is 6.37. The number of carbonyl (C=O) groups is 2. The van der Waals surface area contributed by atoms with Crippen molar-refractivity contribution in [2.45, 2.75) is 33.2 Å². The minimum absolute atomic E-state index is 0.0497. The lowest BCUT2D eigenvalue weighted by Gasteiger charge is -2.28. The normalized spacial score (nSPS) is 14.8. The molecule has 4 rings (SSSR count). The van der Waals surface area contributed by atoms with Gasteiger partial charge < -0.3 is 15.4 Å². The van der Waals surface area contributed by atoms with Gasteiger partial charge in [0.05, 0.1) is 18.2 Å². The molecule has 2 amide bonds. The zero-order valence-corrected chi connectivity index (χ0v) is 18.3. The Morgan fingerprint density at radius 1 is 0.969 bits per heavy atom. The van der Waals surface area contributed by atoms with E-state index in [4.69, 9.17) is 4.74 Å². The molecule has 1 atom stereocenters. The highest BCUT2D eigenvalue weighted by Crippen LogP contribution is 2.36. The number of anilines is 1. The zero-order valence-electron chi connectivity index (χ0n) is 18.3. The van der Waals surface area contributed by atoms with Gasteiger partial charge in [-0.05, 0) is 56.2 Å².